The number of nitrogens with one attached hydrogen (secondary N) is 1. The zero-order valence-electron chi connectivity index (χ0n) is 17.0. The van der Waals surface area contributed by atoms with Gasteiger partial charge in [0.15, 0.2) is 0 Å². The number of aryl methyl sites for hydroxylation is 2. The third-order valence-electron chi connectivity index (χ3n) is 4.10. The standard InChI is InChI=1S/C20H22N8O2/c1-26-12-13-27(2)20(26)24-22-17-8-4-15(5-9-17)21-16-6-10-18(11-7-16)23-25-28(3)14-19(29)30/h4-13H,14H2,1-3H3,(H,29,30)/p+1/b25-23+. The topological polar surface area (TPSA) is 111 Å². The molecule has 0 spiro atoms. The summed E-state index contributed by atoms with van der Waals surface area (Å²) in [5, 5.41) is 29.7. The average molecular weight is 407 g/mol. The van der Waals surface area contributed by atoms with Crippen LogP contribution in [-0.2, 0) is 18.9 Å². The van der Waals surface area contributed by atoms with Crippen molar-refractivity contribution in [3.8, 4) is 0 Å². The largest absolute Gasteiger partial charge is 0.480 e. The first-order valence-electron chi connectivity index (χ1n) is 9.15. The summed E-state index contributed by atoms with van der Waals surface area (Å²) in [6.07, 6.45) is 3.84. The van der Waals surface area contributed by atoms with E-state index in [4.69, 9.17) is 5.11 Å². The van der Waals surface area contributed by atoms with Crippen molar-refractivity contribution in [3.05, 3.63) is 60.9 Å². The molecule has 154 valence electrons. The van der Waals surface area contributed by atoms with Crippen LogP contribution >= 0.6 is 0 Å². The number of hydrogen-bond acceptors (Lipinski definition) is 6. The Kier molecular flexibility index (Phi) is 6.48. The quantitative estimate of drug-likeness (QED) is 0.334. The molecule has 0 bridgehead atoms. The first-order chi connectivity index (χ1) is 14.4. The number of hydrogen-bond donors (Lipinski definition) is 2. The maximum Gasteiger partial charge on any atom is 0.421 e. The Morgan fingerprint density at radius 3 is 2.10 bits per heavy atom. The minimum absolute atomic E-state index is 0.206. The van der Waals surface area contributed by atoms with Crippen molar-refractivity contribution in [1.29, 1.82) is 0 Å². The normalized spacial score (nSPS) is 11.3. The highest BCUT2D eigenvalue weighted by molar-refractivity contribution is 5.69. The van der Waals surface area contributed by atoms with E-state index >= 15 is 0 Å². The summed E-state index contributed by atoms with van der Waals surface area (Å²) in [5.41, 5.74) is 3.18. The van der Waals surface area contributed by atoms with E-state index in [2.05, 4.69) is 25.9 Å². The molecule has 1 heterocycles. The molecule has 30 heavy (non-hydrogen) atoms. The van der Waals surface area contributed by atoms with Gasteiger partial charge >= 0.3 is 11.9 Å². The molecule has 0 amide bonds. The van der Waals surface area contributed by atoms with Gasteiger partial charge in [-0.25, -0.2) is 9.13 Å². The van der Waals surface area contributed by atoms with Crippen LogP contribution in [0.3, 0.4) is 0 Å². The molecule has 0 radical (unpaired) electrons. The van der Waals surface area contributed by atoms with Crippen LogP contribution in [0, 0.1) is 0 Å². The van der Waals surface area contributed by atoms with E-state index < -0.39 is 5.97 Å². The summed E-state index contributed by atoms with van der Waals surface area (Å²) in [6, 6.07) is 14.9. The summed E-state index contributed by atoms with van der Waals surface area (Å²) in [6.45, 7) is -0.206. The van der Waals surface area contributed by atoms with Crippen molar-refractivity contribution in [2.24, 2.45) is 34.7 Å². The van der Waals surface area contributed by atoms with E-state index in [1.54, 1.807) is 19.2 Å². The number of aromatic nitrogens is 2. The van der Waals surface area contributed by atoms with Crippen LogP contribution in [0.2, 0.25) is 0 Å². The van der Waals surface area contributed by atoms with Gasteiger partial charge in [0.25, 0.3) is 0 Å². The molecular formula is C20H23N8O2+. The number of carboxylic acid groups (broad SMARTS) is 1. The second-order valence-corrected chi connectivity index (χ2v) is 6.64. The molecule has 3 rings (SSSR count). The van der Waals surface area contributed by atoms with Crippen molar-refractivity contribution in [1.82, 2.24) is 9.58 Å². The monoisotopic (exact) mass is 407 g/mol. The van der Waals surface area contributed by atoms with E-state index in [0.29, 0.717) is 5.69 Å². The van der Waals surface area contributed by atoms with E-state index in [1.807, 2.05) is 72.0 Å². The highest BCUT2D eigenvalue weighted by atomic mass is 16.4. The van der Waals surface area contributed by atoms with E-state index in [-0.39, 0.29) is 6.54 Å². The second kappa shape index (κ2) is 9.41. The molecule has 0 fully saturated rings. The molecule has 0 atom stereocenters. The summed E-state index contributed by atoms with van der Waals surface area (Å²) in [7, 11) is 5.39. The lowest BCUT2D eigenvalue weighted by Crippen LogP contribution is -2.25. The van der Waals surface area contributed by atoms with Crippen LogP contribution in [0.4, 0.5) is 28.7 Å². The van der Waals surface area contributed by atoms with Crippen LogP contribution in [-0.4, -0.2) is 34.2 Å². The molecule has 10 heteroatoms. The average Bonchev–Trinajstić information content (AvgIpc) is 3.04. The Balaban J connectivity index is 1.59. The molecule has 0 aliphatic rings. The molecule has 3 aromatic rings. The van der Waals surface area contributed by atoms with Gasteiger partial charge in [0, 0.05) is 23.5 Å². The van der Waals surface area contributed by atoms with Crippen molar-refractivity contribution >= 4 is 34.7 Å². The van der Waals surface area contributed by atoms with Crippen LogP contribution in [0.25, 0.3) is 0 Å². The Bertz CT molecular complexity index is 1040. The number of aliphatic carboxylic acids is 1. The Labute approximate surface area is 173 Å². The molecule has 1 aromatic heterocycles. The maximum absolute atomic E-state index is 10.6. The summed E-state index contributed by atoms with van der Waals surface area (Å²) < 4.78 is 3.79. The summed E-state index contributed by atoms with van der Waals surface area (Å²) in [5.74, 6) is -0.207. The summed E-state index contributed by atoms with van der Waals surface area (Å²) >= 11 is 0. The van der Waals surface area contributed by atoms with Gasteiger partial charge in [0.2, 0.25) is 0 Å². The van der Waals surface area contributed by atoms with E-state index in [1.165, 1.54) is 5.01 Å². The zero-order chi connectivity index (χ0) is 21.5. The van der Waals surface area contributed by atoms with Gasteiger partial charge in [-0.2, -0.15) is 0 Å². The number of rotatable bonds is 8. The smallest absolute Gasteiger partial charge is 0.421 e. The SMILES string of the molecule is CN(CC(=O)O)/N=N/c1ccc(Nc2ccc(/N=N/c3n(C)cc[n+]3C)cc2)cc1. The molecule has 0 saturated heterocycles. The molecule has 10 nitrogen and oxygen atoms in total. The molecule has 0 unspecified atom stereocenters. The first kappa shape index (κ1) is 20.6. The number of anilines is 2. The molecular weight excluding hydrogens is 384 g/mol. The van der Waals surface area contributed by atoms with Gasteiger partial charge in [0.1, 0.15) is 12.2 Å². The van der Waals surface area contributed by atoms with Crippen molar-refractivity contribution < 1.29 is 14.5 Å². The molecule has 2 aromatic carbocycles. The lowest BCUT2D eigenvalue weighted by Gasteiger charge is -2.08. The summed E-state index contributed by atoms with van der Waals surface area (Å²) in [4.78, 5) is 10.6. The first-order valence-corrected chi connectivity index (χ1v) is 9.15. The Morgan fingerprint density at radius 2 is 1.60 bits per heavy atom. The molecule has 0 aliphatic heterocycles. The second-order valence-electron chi connectivity index (χ2n) is 6.64. The van der Waals surface area contributed by atoms with Gasteiger partial charge in [0.05, 0.1) is 32.2 Å². The van der Waals surface area contributed by atoms with Crippen molar-refractivity contribution in [2.45, 2.75) is 0 Å². The number of imidazole rings is 1. The van der Waals surface area contributed by atoms with Gasteiger partial charge in [-0.05, 0) is 48.5 Å². The minimum Gasteiger partial charge on any atom is -0.480 e. The lowest BCUT2D eigenvalue weighted by atomic mass is 10.2. The highest BCUT2D eigenvalue weighted by Gasteiger charge is 2.10. The van der Waals surface area contributed by atoms with Crippen molar-refractivity contribution in [2.75, 3.05) is 18.9 Å². The number of likely N-dealkylation sites (N-methyl/N-ethyl adjacent to an activating group) is 1. The van der Waals surface area contributed by atoms with E-state index in [9.17, 15) is 4.79 Å². The van der Waals surface area contributed by atoms with Crippen molar-refractivity contribution in [3.63, 3.8) is 0 Å². The van der Waals surface area contributed by atoms with Crippen LogP contribution in [0.5, 0.6) is 0 Å². The van der Waals surface area contributed by atoms with Crippen LogP contribution in [0.15, 0.2) is 81.5 Å². The minimum atomic E-state index is -0.961. The Hall–Kier alpha value is -4.08. The third kappa shape index (κ3) is 5.71. The van der Waals surface area contributed by atoms with E-state index in [0.717, 1.165) is 23.0 Å². The van der Waals surface area contributed by atoms with Crippen LogP contribution < -0.4 is 9.88 Å². The predicted octanol–water partition coefficient (Wildman–Crippen LogP) is 4.02. The predicted molar refractivity (Wildman–Crippen MR) is 112 cm³/mol. The number of benzene rings is 2. The van der Waals surface area contributed by atoms with Gasteiger partial charge in [-0.1, -0.05) is 10.3 Å². The maximum atomic E-state index is 10.6. The fraction of sp³-hybridized carbons (Fsp3) is 0.200. The van der Waals surface area contributed by atoms with Gasteiger partial charge < -0.3 is 10.4 Å². The number of nitrogens with zero attached hydrogens (tertiary/aromatic N) is 7. The molecule has 0 aliphatic carbocycles. The van der Waals surface area contributed by atoms with Gasteiger partial charge in [-0.15, -0.1) is 5.11 Å². The number of carbonyl (C=O) groups is 1. The van der Waals surface area contributed by atoms with Crippen LogP contribution in [0.1, 0.15) is 0 Å². The highest BCUT2D eigenvalue weighted by Crippen LogP contribution is 2.23. The zero-order valence-corrected chi connectivity index (χ0v) is 17.0. The Morgan fingerprint density at radius 1 is 1.03 bits per heavy atom. The molecule has 2 N–H and O–H groups in total. The number of carboxylic acids is 1. The third-order valence-corrected chi connectivity index (χ3v) is 4.10. The fourth-order valence-electron chi connectivity index (χ4n) is 2.57. The number of azo groups is 1. The lowest BCUT2D eigenvalue weighted by molar-refractivity contribution is -0.657. The fourth-order valence-corrected chi connectivity index (χ4v) is 2.57. The molecule has 0 saturated carbocycles. The van der Waals surface area contributed by atoms with Gasteiger partial charge in [-0.3, -0.25) is 9.80 Å².